The molecule has 1 rings (SSSR count). The van der Waals surface area contributed by atoms with E-state index >= 15 is 0 Å². The maximum atomic E-state index is 11.0. The van der Waals surface area contributed by atoms with E-state index in [1.54, 1.807) is 0 Å². The van der Waals surface area contributed by atoms with E-state index in [2.05, 4.69) is 11.2 Å². The Kier molecular flexibility index (Phi) is 2.50. The zero-order valence-electron chi connectivity index (χ0n) is 6.34. The van der Waals surface area contributed by atoms with Crippen molar-refractivity contribution < 1.29 is 4.79 Å². The third kappa shape index (κ3) is 1.95. The van der Waals surface area contributed by atoms with Crippen LogP contribution in [0.4, 0.5) is 0 Å². The Bertz CT molecular complexity index is 195. The molecule has 3 heteroatoms. The SMILES string of the molecule is C#C[C@@H](N)C[C@@H]1CCNC1=O. The van der Waals surface area contributed by atoms with Crippen LogP contribution in [0.1, 0.15) is 12.8 Å². The predicted octanol–water partition coefficient (Wildman–Crippen LogP) is -0.527. The molecule has 0 bridgehead atoms. The van der Waals surface area contributed by atoms with E-state index in [1.807, 2.05) is 0 Å². The van der Waals surface area contributed by atoms with E-state index < -0.39 is 0 Å². The summed E-state index contributed by atoms with van der Waals surface area (Å²) in [4.78, 5) is 11.0. The monoisotopic (exact) mass is 152 g/mol. The number of hydrogen-bond donors (Lipinski definition) is 2. The van der Waals surface area contributed by atoms with Crippen LogP contribution in [0, 0.1) is 18.3 Å². The van der Waals surface area contributed by atoms with E-state index in [0.717, 1.165) is 13.0 Å². The van der Waals surface area contributed by atoms with Crippen LogP contribution < -0.4 is 11.1 Å². The average Bonchev–Trinajstić information content (AvgIpc) is 2.37. The van der Waals surface area contributed by atoms with Gasteiger partial charge in [-0.15, -0.1) is 6.42 Å². The van der Waals surface area contributed by atoms with Crippen LogP contribution in [-0.2, 0) is 4.79 Å². The second-order valence-corrected chi connectivity index (χ2v) is 2.79. The second-order valence-electron chi connectivity index (χ2n) is 2.79. The molecular formula is C8H12N2O. The van der Waals surface area contributed by atoms with Crippen molar-refractivity contribution in [2.75, 3.05) is 6.54 Å². The lowest BCUT2D eigenvalue weighted by Gasteiger charge is -2.07. The first-order valence-electron chi connectivity index (χ1n) is 3.73. The maximum Gasteiger partial charge on any atom is 0.223 e. The highest BCUT2D eigenvalue weighted by atomic mass is 16.2. The van der Waals surface area contributed by atoms with E-state index in [0.29, 0.717) is 6.42 Å². The van der Waals surface area contributed by atoms with Crippen LogP contribution in [0.5, 0.6) is 0 Å². The van der Waals surface area contributed by atoms with Gasteiger partial charge in [-0.3, -0.25) is 4.79 Å². The molecule has 0 aromatic heterocycles. The highest BCUT2D eigenvalue weighted by molar-refractivity contribution is 5.80. The molecule has 0 spiro atoms. The molecule has 2 atom stereocenters. The molecule has 11 heavy (non-hydrogen) atoms. The normalized spacial score (nSPS) is 25.8. The van der Waals surface area contributed by atoms with Crippen LogP contribution in [0.2, 0.25) is 0 Å². The van der Waals surface area contributed by atoms with E-state index in [4.69, 9.17) is 12.2 Å². The standard InChI is InChI=1S/C8H12N2O/c1-2-7(9)5-6-3-4-10-8(6)11/h1,6-7H,3-5,9H2,(H,10,11)/t6-,7+/m0/s1. The second kappa shape index (κ2) is 3.40. The highest BCUT2D eigenvalue weighted by Crippen LogP contribution is 2.14. The van der Waals surface area contributed by atoms with Gasteiger partial charge in [-0.25, -0.2) is 0 Å². The zero-order valence-corrected chi connectivity index (χ0v) is 6.34. The maximum absolute atomic E-state index is 11.0. The van der Waals surface area contributed by atoms with Gasteiger partial charge in [0.05, 0.1) is 6.04 Å². The third-order valence-electron chi connectivity index (χ3n) is 1.92. The number of nitrogens with two attached hydrogens (primary N) is 1. The van der Waals surface area contributed by atoms with Gasteiger partial charge in [-0.2, -0.15) is 0 Å². The minimum atomic E-state index is -0.274. The van der Waals surface area contributed by atoms with Crippen LogP contribution in [0.3, 0.4) is 0 Å². The summed E-state index contributed by atoms with van der Waals surface area (Å²) >= 11 is 0. The van der Waals surface area contributed by atoms with Crippen molar-refractivity contribution >= 4 is 5.91 Å². The molecule has 1 aliphatic heterocycles. The van der Waals surface area contributed by atoms with Crippen LogP contribution in [0.25, 0.3) is 0 Å². The molecular weight excluding hydrogens is 140 g/mol. The summed E-state index contributed by atoms with van der Waals surface area (Å²) in [5, 5.41) is 2.74. The largest absolute Gasteiger partial charge is 0.356 e. The molecule has 3 nitrogen and oxygen atoms in total. The minimum Gasteiger partial charge on any atom is -0.356 e. The molecule has 1 heterocycles. The third-order valence-corrected chi connectivity index (χ3v) is 1.92. The quantitative estimate of drug-likeness (QED) is 0.523. The van der Waals surface area contributed by atoms with Crippen LogP contribution >= 0.6 is 0 Å². The van der Waals surface area contributed by atoms with Crippen molar-refractivity contribution in [1.29, 1.82) is 0 Å². The van der Waals surface area contributed by atoms with Gasteiger partial charge in [0, 0.05) is 12.5 Å². The fourth-order valence-electron chi connectivity index (χ4n) is 1.24. The topological polar surface area (TPSA) is 55.1 Å². The number of hydrogen-bond acceptors (Lipinski definition) is 2. The smallest absolute Gasteiger partial charge is 0.223 e. The van der Waals surface area contributed by atoms with E-state index in [-0.39, 0.29) is 17.9 Å². The Morgan fingerprint density at radius 2 is 2.64 bits per heavy atom. The summed E-state index contributed by atoms with van der Waals surface area (Å²) in [6, 6.07) is -0.274. The number of rotatable bonds is 2. The predicted molar refractivity (Wildman–Crippen MR) is 42.5 cm³/mol. The molecule has 0 aromatic carbocycles. The van der Waals surface area contributed by atoms with Gasteiger partial charge in [0.25, 0.3) is 0 Å². The highest BCUT2D eigenvalue weighted by Gasteiger charge is 2.24. The minimum absolute atomic E-state index is 0.0426. The molecule has 1 amide bonds. The molecule has 0 saturated carbocycles. The fourth-order valence-corrected chi connectivity index (χ4v) is 1.24. The Morgan fingerprint density at radius 3 is 3.09 bits per heavy atom. The molecule has 1 saturated heterocycles. The van der Waals surface area contributed by atoms with Crippen molar-refractivity contribution in [2.24, 2.45) is 11.7 Å². The molecule has 60 valence electrons. The van der Waals surface area contributed by atoms with Crippen molar-refractivity contribution in [3.8, 4) is 12.3 Å². The summed E-state index contributed by atoms with van der Waals surface area (Å²) in [5.74, 6) is 2.55. The van der Waals surface area contributed by atoms with Gasteiger partial charge < -0.3 is 11.1 Å². The lowest BCUT2D eigenvalue weighted by atomic mass is 9.99. The number of carbonyl (C=O) groups is 1. The average molecular weight is 152 g/mol. The number of terminal acetylenes is 1. The number of nitrogens with one attached hydrogen (secondary N) is 1. The summed E-state index contributed by atoms with van der Waals surface area (Å²) < 4.78 is 0. The lowest BCUT2D eigenvalue weighted by Crippen LogP contribution is -2.26. The summed E-state index contributed by atoms with van der Waals surface area (Å²) in [6.07, 6.45) is 6.57. The van der Waals surface area contributed by atoms with Gasteiger partial charge in [0.2, 0.25) is 5.91 Å². The Morgan fingerprint density at radius 1 is 1.91 bits per heavy atom. The Hall–Kier alpha value is -1.01. The summed E-state index contributed by atoms with van der Waals surface area (Å²) in [5.41, 5.74) is 5.50. The van der Waals surface area contributed by atoms with Crippen molar-refractivity contribution in [1.82, 2.24) is 5.32 Å². The number of amides is 1. The molecule has 0 unspecified atom stereocenters. The van der Waals surface area contributed by atoms with Crippen LogP contribution in [0.15, 0.2) is 0 Å². The molecule has 3 N–H and O–H groups in total. The summed E-state index contributed by atoms with van der Waals surface area (Å²) in [6.45, 7) is 0.765. The van der Waals surface area contributed by atoms with Gasteiger partial charge >= 0.3 is 0 Å². The first-order valence-corrected chi connectivity index (χ1v) is 3.73. The van der Waals surface area contributed by atoms with Gasteiger partial charge in [0.15, 0.2) is 0 Å². The van der Waals surface area contributed by atoms with Crippen LogP contribution in [-0.4, -0.2) is 18.5 Å². The first-order chi connectivity index (χ1) is 5.24. The molecule has 0 aliphatic carbocycles. The first kappa shape index (κ1) is 8.09. The van der Waals surface area contributed by atoms with Crippen molar-refractivity contribution in [3.63, 3.8) is 0 Å². The van der Waals surface area contributed by atoms with Gasteiger partial charge in [-0.1, -0.05) is 5.92 Å². The van der Waals surface area contributed by atoms with E-state index in [1.165, 1.54) is 0 Å². The fraction of sp³-hybridized carbons (Fsp3) is 0.625. The zero-order chi connectivity index (χ0) is 8.27. The molecule has 1 aliphatic rings. The van der Waals surface area contributed by atoms with Crippen molar-refractivity contribution in [2.45, 2.75) is 18.9 Å². The lowest BCUT2D eigenvalue weighted by molar-refractivity contribution is -0.122. The summed E-state index contributed by atoms with van der Waals surface area (Å²) in [7, 11) is 0. The van der Waals surface area contributed by atoms with Gasteiger partial charge in [-0.05, 0) is 12.8 Å². The van der Waals surface area contributed by atoms with Crippen molar-refractivity contribution in [3.05, 3.63) is 0 Å². The molecule has 0 radical (unpaired) electrons. The molecule has 0 aromatic rings. The van der Waals surface area contributed by atoms with E-state index in [9.17, 15) is 4.79 Å². The Balaban J connectivity index is 2.38. The molecule has 1 fully saturated rings. The Labute approximate surface area is 66.3 Å². The van der Waals surface area contributed by atoms with Gasteiger partial charge in [0.1, 0.15) is 0 Å². The number of carbonyl (C=O) groups excluding carboxylic acids is 1.